The smallest absolute Gasteiger partial charge is 0.243 e. The third-order valence-corrected chi connectivity index (χ3v) is 6.12. The number of hydrogen-bond acceptors (Lipinski definition) is 4. The van der Waals surface area contributed by atoms with Gasteiger partial charge in [0, 0.05) is 25.3 Å². The third-order valence-electron chi connectivity index (χ3n) is 4.23. The molecular formula is C19H24N2O3S. The lowest BCUT2D eigenvalue weighted by atomic mass is 10.2. The molecule has 1 saturated heterocycles. The summed E-state index contributed by atoms with van der Waals surface area (Å²) in [6.45, 7) is 2.34. The summed E-state index contributed by atoms with van der Waals surface area (Å²) in [4.78, 5) is 0.350. The summed E-state index contributed by atoms with van der Waals surface area (Å²) in [5.74, 6) is 0.825. The topological polar surface area (TPSA) is 58.6 Å². The van der Waals surface area contributed by atoms with Crippen molar-refractivity contribution in [2.24, 2.45) is 0 Å². The van der Waals surface area contributed by atoms with Gasteiger partial charge in [-0.1, -0.05) is 30.7 Å². The lowest BCUT2D eigenvalue weighted by molar-refractivity contribution is 0.333. The molecule has 0 aliphatic carbocycles. The first-order valence-corrected chi connectivity index (χ1v) is 10.1. The Morgan fingerprint density at radius 3 is 2.48 bits per heavy atom. The SMILES string of the molecule is O=S(=O)(c1cccc(NCCOc2ccccc2)c1)N1CCCCC1. The van der Waals surface area contributed by atoms with Crippen molar-refractivity contribution in [1.82, 2.24) is 4.31 Å². The van der Waals surface area contributed by atoms with Gasteiger partial charge < -0.3 is 10.1 Å². The number of hydrogen-bond donors (Lipinski definition) is 1. The summed E-state index contributed by atoms with van der Waals surface area (Å²) in [7, 11) is -3.40. The largest absolute Gasteiger partial charge is 0.492 e. The molecule has 1 heterocycles. The quantitative estimate of drug-likeness (QED) is 0.769. The fourth-order valence-corrected chi connectivity index (χ4v) is 4.47. The second-order valence-electron chi connectivity index (χ2n) is 6.08. The van der Waals surface area contributed by atoms with Crippen LogP contribution < -0.4 is 10.1 Å². The first-order valence-electron chi connectivity index (χ1n) is 8.68. The Kier molecular flexibility index (Phi) is 5.94. The summed E-state index contributed by atoms with van der Waals surface area (Å²) in [5, 5.41) is 3.22. The van der Waals surface area contributed by atoms with Crippen molar-refractivity contribution in [3.8, 4) is 5.75 Å². The summed E-state index contributed by atoms with van der Waals surface area (Å²) >= 11 is 0. The van der Waals surface area contributed by atoms with Crippen LogP contribution in [-0.4, -0.2) is 39.0 Å². The first-order chi connectivity index (χ1) is 12.2. The maximum Gasteiger partial charge on any atom is 0.243 e. The van der Waals surface area contributed by atoms with Gasteiger partial charge in [0.1, 0.15) is 12.4 Å². The molecule has 2 aromatic carbocycles. The molecule has 3 rings (SSSR count). The second kappa shape index (κ2) is 8.36. The molecule has 1 fully saturated rings. The number of nitrogens with zero attached hydrogens (tertiary/aromatic N) is 1. The van der Waals surface area contributed by atoms with Gasteiger partial charge in [0.15, 0.2) is 0 Å². The van der Waals surface area contributed by atoms with Crippen molar-refractivity contribution in [2.45, 2.75) is 24.2 Å². The van der Waals surface area contributed by atoms with E-state index in [9.17, 15) is 8.42 Å². The summed E-state index contributed by atoms with van der Waals surface area (Å²) in [6, 6.07) is 16.6. The van der Waals surface area contributed by atoms with E-state index >= 15 is 0 Å². The number of ether oxygens (including phenoxy) is 1. The highest BCUT2D eigenvalue weighted by Crippen LogP contribution is 2.22. The second-order valence-corrected chi connectivity index (χ2v) is 8.02. The van der Waals surface area contributed by atoms with Crippen LogP contribution in [0.25, 0.3) is 0 Å². The van der Waals surface area contributed by atoms with Crippen molar-refractivity contribution in [2.75, 3.05) is 31.6 Å². The number of nitrogens with one attached hydrogen (secondary N) is 1. The van der Waals surface area contributed by atoms with Gasteiger partial charge in [-0.15, -0.1) is 0 Å². The van der Waals surface area contributed by atoms with Gasteiger partial charge in [-0.2, -0.15) is 4.31 Å². The molecule has 0 radical (unpaired) electrons. The number of anilines is 1. The average molecular weight is 360 g/mol. The standard InChI is InChI=1S/C19H24N2O3S/c22-25(23,21-13-5-2-6-14-21)19-11-7-8-17(16-19)20-12-15-24-18-9-3-1-4-10-18/h1,3-4,7-11,16,20H,2,5-6,12-15H2. The molecule has 25 heavy (non-hydrogen) atoms. The van der Waals surface area contributed by atoms with Crippen molar-refractivity contribution >= 4 is 15.7 Å². The number of piperidine rings is 1. The Labute approximate surface area is 149 Å². The molecule has 2 aromatic rings. The van der Waals surface area contributed by atoms with Gasteiger partial charge in [0.05, 0.1) is 4.90 Å². The van der Waals surface area contributed by atoms with E-state index in [4.69, 9.17) is 4.74 Å². The fourth-order valence-electron chi connectivity index (χ4n) is 2.90. The molecule has 0 spiro atoms. The molecule has 5 nitrogen and oxygen atoms in total. The zero-order valence-electron chi connectivity index (χ0n) is 14.2. The number of sulfonamides is 1. The van der Waals surface area contributed by atoms with Crippen LogP contribution in [0.15, 0.2) is 59.5 Å². The lowest BCUT2D eigenvalue weighted by Crippen LogP contribution is -2.35. The highest BCUT2D eigenvalue weighted by Gasteiger charge is 2.25. The highest BCUT2D eigenvalue weighted by molar-refractivity contribution is 7.89. The molecule has 134 valence electrons. The van der Waals surface area contributed by atoms with E-state index in [2.05, 4.69) is 5.32 Å². The highest BCUT2D eigenvalue weighted by atomic mass is 32.2. The molecule has 0 atom stereocenters. The van der Waals surface area contributed by atoms with Crippen LogP contribution in [0.2, 0.25) is 0 Å². The van der Waals surface area contributed by atoms with Crippen molar-refractivity contribution < 1.29 is 13.2 Å². The van der Waals surface area contributed by atoms with Crippen LogP contribution in [0, 0.1) is 0 Å². The van der Waals surface area contributed by atoms with E-state index in [0.29, 0.717) is 31.1 Å². The van der Waals surface area contributed by atoms with Gasteiger partial charge in [0.2, 0.25) is 10.0 Å². The van der Waals surface area contributed by atoms with E-state index in [1.54, 1.807) is 22.5 Å². The predicted octanol–water partition coefficient (Wildman–Crippen LogP) is 3.35. The molecule has 0 bridgehead atoms. The van der Waals surface area contributed by atoms with Gasteiger partial charge in [-0.25, -0.2) is 8.42 Å². The van der Waals surface area contributed by atoms with E-state index in [-0.39, 0.29) is 0 Å². The van der Waals surface area contributed by atoms with E-state index in [1.807, 2.05) is 36.4 Å². The lowest BCUT2D eigenvalue weighted by Gasteiger charge is -2.26. The molecule has 0 saturated carbocycles. The van der Waals surface area contributed by atoms with Crippen molar-refractivity contribution in [1.29, 1.82) is 0 Å². The molecule has 1 aliphatic heterocycles. The maximum absolute atomic E-state index is 12.7. The number of benzene rings is 2. The Bertz CT molecular complexity index is 772. The molecule has 0 amide bonds. The third kappa shape index (κ3) is 4.74. The van der Waals surface area contributed by atoms with Crippen molar-refractivity contribution in [3.05, 3.63) is 54.6 Å². The Morgan fingerprint density at radius 1 is 0.960 bits per heavy atom. The van der Waals surface area contributed by atoms with Gasteiger partial charge in [-0.05, 0) is 43.2 Å². The molecular weight excluding hydrogens is 336 g/mol. The van der Waals surface area contributed by atoms with Crippen LogP contribution in [-0.2, 0) is 10.0 Å². The Balaban J connectivity index is 1.57. The monoisotopic (exact) mass is 360 g/mol. The minimum atomic E-state index is -3.40. The molecule has 1 aliphatic rings. The Morgan fingerprint density at radius 2 is 1.72 bits per heavy atom. The fraction of sp³-hybridized carbons (Fsp3) is 0.368. The van der Waals surface area contributed by atoms with Crippen LogP contribution >= 0.6 is 0 Å². The average Bonchev–Trinajstić information content (AvgIpc) is 2.67. The normalized spacial score (nSPS) is 15.7. The molecule has 1 N–H and O–H groups in total. The van der Waals surface area contributed by atoms with Gasteiger partial charge in [-0.3, -0.25) is 0 Å². The zero-order valence-corrected chi connectivity index (χ0v) is 15.0. The Hall–Kier alpha value is -2.05. The van der Waals surface area contributed by atoms with E-state index < -0.39 is 10.0 Å². The number of rotatable bonds is 7. The summed E-state index contributed by atoms with van der Waals surface area (Å²) in [6.07, 6.45) is 2.98. The first kappa shape index (κ1) is 17.8. The summed E-state index contributed by atoms with van der Waals surface area (Å²) in [5.41, 5.74) is 0.787. The molecule has 0 unspecified atom stereocenters. The minimum Gasteiger partial charge on any atom is -0.492 e. The van der Waals surface area contributed by atoms with E-state index in [1.165, 1.54) is 0 Å². The maximum atomic E-state index is 12.7. The zero-order chi connectivity index (χ0) is 17.5. The summed E-state index contributed by atoms with van der Waals surface area (Å²) < 4.78 is 32.7. The van der Waals surface area contributed by atoms with Crippen LogP contribution in [0.3, 0.4) is 0 Å². The molecule has 6 heteroatoms. The van der Waals surface area contributed by atoms with Gasteiger partial charge >= 0.3 is 0 Å². The van der Waals surface area contributed by atoms with Crippen LogP contribution in [0.4, 0.5) is 5.69 Å². The minimum absolute atomic E-state index is 0.350. The van der Waals surface area contributed by atoms with Crippen LogP contribution in [0.5, 0.6) is 5.75 Å². The van der Waals surface area contributed by atoms with Crippen molar-refractivity contribution in [3.63, 3.8) is 0 Å². The van der Waals surface area contributed by atoms with Crippen LogP contribution in [0.1, 0.15) is 19.3 Å². The predicted molar refractivity (Wildman–Crippen MR) is 99.5 cm³/mol. The van der Waals surface area contributed by atoms with Gasteiger partial charge in [0.25, 0.3) is 0 Å². The van der Waals surface area contributed by atoms with E-state index in [0.717, 1.165) is 30.7 Å². The number of para-hydroxylation sites is 1. The molecule has 0 aromatic heterocycles.